The van der Waals surface area contributed by atoms with Gasteiger partial charge in [-0.2, -0.15) is 0 Å². The van der Waals surface area contributed by atoms with Gasteiger partial charge in [-0.1, -0.05) is 66.2 Å². The van der Waals surface area contributed by atoms with Crippen LogP contribution >= 0.6 is 0 Å². The van der Waals surface area contributed by atoms with Crippen molar-refractivity contribution in [3.8, 4) is 0 Å². The fraction of sp³-hybridized carbons (Fsp3) is 0.167. The van der Waals surface area contributed by atoms with Crippen molar-refractivity contribution in [1.29, 1.82) is 0 Å². The summed E-state index contributed by atoms with van der Waals surface area (Å²) in [6.45, 7) is 2.66. The molecule has 3 aromatic carbocycles. The van der Waals surface area contributed by atoms with Crippen molar-refractivity contribution in [3.63, 3.8) is 0 Å². The summed E-state index contributed by atoms with van der Waals surface area (Å²) < 4.78 is 0. The molecule has 2 heterocycles. The molecule has 0 N–H and O–H groups in total. The summed E-state index contributed by atoms with van der Waals surface area (Å²) >= 11 is 0. The Labute approximate surface area is 164 Å². The molecule has 1 fully saturated rings. The molecule has 1 atom stereocenters. The highest BCUT2D eigenvalue weighted by molar-refractivity contribution is 6.25. The number of carbonyl (C=O) groups is 1. The summed E-state index contributed by atoms with van der Waals surface area (Å²) in [7, 11) is 0. The molecule has 0 radical (unpaired) electrons. The van der Waals surface area contributed by atoms with Crippen LogP contribution in [0.15, 0.2) is 83.9 Å². The minimum atomic E-state index is -0.0725. The second-order valence-electron chi connectivity index (χ2n) is 7.31. The largest absolute Gasteiger partial charge is 0.304 e. The highest BCUT2D eigenvalue weighted by atomic mass is 16.2. The molecule has 5 rings (SSSR count). The number of carbonyl (C=O) groups excluding carboxylic acids is 1. The van der Waals surface area contributed by atoms with Crippen LogP contribution in [-0.2, 0) is 11.3 Å². The Kier molecular flexibility index (Phi) is 3.97. The molecule has 1 saturated heterocycles. The Morgan fingerprint density at radius 2 is 1.61 bits per heavy atom. The van der Waals surface area contributed by atoms with Crippen molar-refractivity contribution in [2.45, 2.75) is 25.9 Å². The highest BCUT2D eigenvalue weighted by Gasteiger charge is 2.41. The first-order valence-corrected chi connectivity index (χ1v) is 9.58. The van der Waals surface area contributed by atoms with Gasteiger partial charge in [-0.25, -0.2) is 9.89 Å². The van der Waals surface area contributed by atoms with Crippen molar-refractivity contribution in [1.82, 2.24) is 0 Å². The summed E-state index contributed by atoms with van der Waals surface area (Å²) in [6.07, 6.45) is 0.408. The maximum Gasteiger partial charge on any atom is 0.236 e. The third kappa shape index (κ3) is 2.69. The fourth-order valence-electron chi connectivity index (χ4n) is 4.06. The predicted octanol–water partition coefficient (Wildman–Crippen LogP) is 4.85. The zero-order valence-electron chi connectivity index (χ0n) is 15.7. The van der Waals surface area contributed by atoms with E-state index in [1.807, 2.05) is 42.5 Å². The summed E-state index contributed by atoms with van der Waals surface area (Å²) in [6, 6.07) is 26.6. The van der Waals surface area contributed by atoms with Gasteiger partial charge in [0, 0.05) is 5.69 Å². The third-order valence-electron chi connectivity index (χ3n) is 5.46. The SMILES string of the molecule is Cc1ccc(N2C3=NCc4ccccc4N3C(=O)CC2c2ccccc2)cc1. The topological polar surface area (TPSA) is 35.9 Å². The zero-order valence-corrected chi connectivity index (χ0v) is 15.7. The maximum atomic E-state index is 13.2. The fourth-order valence-corrected chi connectivity index (χ4v) is 4.06. The molecule has 0 aliphatic carbocycles. The first-order valence-electron chi connectivity index (χ1n) is 9.58. The number of hydrogen-bond donors (Lipinski definition) is 0. The van der Waals surface area contributed by atoms with E-state index in [-0.39, 0.29) is 11.9 Å². The van der Waals surface area contributed by atoms with Gasteiger partial charge in [-0.15, -0.1) is 0 Å². The predicted molar refractivity (Wildman–Crippen MR) is 113 cm³/mol. The molecule has 138 valence electrons. The van der Waals surface area contributed by atoms with Crippen LogP contribution in [0.3, 0.4) is 0 Å². The van der Waals surface area contributed by atoms with E-state index in [1.54, 1.807) is 4.90 Å². The van der Waals surface area contributed by atoms with E-state index >= 15 is 0 Å². The molecule has 4 nitrogen and oxygen atoms in total. The standard InChI is InChI=1S/C24H21N3O/c1-17-11-13-20(14-12-17)26-22(18-7-3-2-4-8-18)15-23(28)27-21-10-6-5-9-19(21)16-25-24(26)27/h2-14,22H,15-16H2,1H3. The van der Waals surface area contributed by atoms with E-state index in [2.05, 4.69) is 48.2 Å². The van der Waals surface area contributed by atoms with Gasteiger partial charge in [-0.3, -0.25) is 4.79 Å². The van der Waals surface area contributed by atoms with Crippen LogP contribution in [0.25, 0.3) is 0 Å². The van der Waals surface area contributed by atoms with E-state index in [4.69, 9.17) is 4.99 Å². The van der Waals surface area contributed by atoms with E-state index in [0.29, 0.717) is 18.9 Å². The Balaban J connectivity index is 1.67. The molecule has 2 aliphatic rings. The molecule has 3 aromatic rings. The van der Waals surface area contributed by atoms with Gasteiger partial charge in [0.05, 0.1) is 24.7 Å². The number of rotatable bonds is 2. The molecule has 2 aliphatic heterocycles. The Morgan fingerprint density at radius 1 is 0.893 bits per heavy atom. The van der Waals surface area contributed by atoms with Crippen molar-refractivity contribution >= 4 is 23.2 Å². The van der Waals surface area contributed by atoms with Crippen LogP contribution in [-0.4, -0.2) is 11.9 Å². The summed E-state index contributed by atoms with van der Waals surface area (Å²) in [5.41, 5.74) is 5.41. The smallest absolute Gasteiger partial charge is 0.236 e. The number of nitrogens with zero attached hydrogens (tertiary/aromatic N) is 3. The highest BCUT2D eigenvalue weighted by Crippen LogP contribution is 2.39. The second kappa shape index (κ2) is 6.64. The summed E-state index contributed by atoms with van der Waals surface area (Å²) in [5, 5.41) is 0. The van der Waals surface area contributed by atoms with Crippen molar-refractivity contribution in [2.24, 2.45) is 4.99 Å². The minimum absolute atomic E-state index is 0.0725. The van der Waals surface area contributed by atoms with Crippen molar-refractivity contribution in [3.05, 3.63) is 95.6 Å². The summed E-state index contributed by atoms with van der Waals surface area (Å²) in [5.74, 6) is 0.802. The lowest BCUT2D eigenvalue weighted by Gasteiger charge is -2.45. The quantitative estimate of drug-likeness (QED) is 0.649. The molecule has 0 spiro atoms. The number of aryl methyl sites for hydroxylation is 1. The lowest BCUT2D eigenvalue weighted by molar-refractivity contribution is -0.118. The van der Waals surface area contributed by atoms with Gasteiger partial charge in [0.2, 0.25) is 11.9 Å². The van der Waals surface area contributed by atoms with Crippen molar-refractivity contribution < 1.29 is 4.79 Å². The number of guanidine groups is 1. The number of hydrogen-bond acceptors (Lipinski definition) is 3. The van der Waals surface area contributed by atoms with E-state index in [0.717, 1.165) is 22.5 Å². The van der Waals surface area contributed by atoms with Crippen LogP contribution < -0.4 is 9.80 Å². The number of para-hydroxylation sites is 1. The van der Waals surface area contributed by atoms with Gasteiger partial charge in [0.1, 0.15) is 0 Å². The van der Waals surface area contributed by atoms with Gasteiger partial charge < -0.3 is 4.90 Å². The summed E-state index contributed by atoms with van der Waals surface area (Å²) in [4.78, 5) is 22.1. The molecule has 4 heteroatoms. The Hall–Kier alpha value is -3.40. The molecular weight excluding hydrogens is 346 g/mol. The Bertz CT molecular complexity index is 1060. The minimum Gasteiger partial charge on any atom is -0.304 e. The van der Waals surface area contributed by atoms with Gasteiger partial charge >= 0.3 is 0 Å². The molecule has 0 bridgehead atoms. The van der Waals surface area contributed by atoms with Crippen LogP contribution in [0.4, 0.5) is 11.4 Å². The van der Waals surface area contributed by atoms with Crippen LogP contribution in [0.5, 0.6) is 0 Å². The van der Waals surface area contributed by atoms with Gasteiger partial charge in [0.15, 0.2) is 0 Å². The second-order valence-corrected chi connectivity index (χ2v) is 7.31. The van der Waals surface area contributed by atoms with Crippen LogP contribution in [0.1, 0.15) is 29.2 Å². The lowest BCUT2D eigenvalue weighted by atomic mass is 9.96. The number of fused-ring (bicyclic) bond motifs is 3. The molecule has 0 aromatic heterocycles. The normalized spacial score (nSPS) is 18.4. The van der Waals surface area contributed by atoms with Gasteiger partial charge in [0.25, 0.3) is 0 Å². The average Bonchev–Trinajstić information content (AvgIpc) is 2.74. The number of benzene rings is 3. The molecule has 1 amide bonds. The first-order chi connectivity index (χ1) is 13.7. The first kappa shape index (κ1) is 16.8. The van der Waals surface area contributed by atoms with E-state index < -0.39 is 0 Å². The zero-order chi connectivity index (χ0) is 19.1. The monoisotopic (exact) mass is 367 g/mol. The third-order valence-corrected chi connectivity index (χ3v) is 5.46. The maximum absolute atomic E-state index is 13.2. The van der Waals surface area contributed by atoms with E-state index in [1.165, 1.54) is 5.56 Å². The molecule has 1 unspecified atom stereocenters. The van der Waals surface area contributed by atoms with E-state index in [9.17, 15) is 4.79 Å². The van der Waals surface area contributed by atoms with Crippen LogP contribution in [0, 0.1) is 6.92 Å². The number of amides is 1. The number of anilines is 2. The van der Waals surface area contributed by atoms with Crippen molar-refractivity contribution in [2.75, 3.05) is 9.80 Å². The molecular formula is C24H21N3O. The lowest BCUT2D eigenvalue weighted by Crippen LogP contribution is -2.56. The number of aliphatic imine (C=N–C) groups is 1. The van der Waals surface area contributed by atoms with Gasteiger partial charge in [-0.05, 0) is 36.2 Å². The average molecular weight is 367 g/mol. The molecule has 28 heavy (non-hydrogen) atoms. The molecule has 0 saturated carbocycles. The van der Waals surface area contributed by atoms with Crippen LogP contribution in [0.2, 0.25) is 0 Å². The Morgan fingerprint density at radius 3 is 2.39 bits per heavy atom.